The first-order chi connectivity index (χ1) is 12.0. The van der Waals surface area contributed by atoms with E-state index in [1.807, 2.05) is 0 Å². The first-order valence-electron chi connectivity index (χ1n) is 7.90. The molecule has 9 heteroatoms. The van der Waals surface area contributed by atoms with Crippen LogP contribution in [-0.2, 0) is 6.54 Å². The molecule has 3 heterocycles. The largest absolute Gasteiger partial charge is 0.359 e. The van der Waals surface area contributed by atoms with Gasteiger partial charge in [0, 0.05) is 17.7 Å². The maximum absolute atomic E-state index is 13.3. The Bertz CT molecular complexity index is 945. The predicted octanol–water partition coefficient (Wildman–Crippen LogP) is 2.77. The topological polar surface area (TPSA) is 85.3 Å². The summed E-state index contributed by atoms with van der Waals surface area (Å²) in [7, 11) is 0. The molecule has 1 amide bonds. The molecule has 0 unspecified atom stereocenters. The highest BCUT2D eigenvalue weighted by atomic mass is 19.3. The van der Waals surface area contributed by atoms with Gasteiger partial charge >= 0.3 is 0 Å². The number of carbonyl (C=O) groups excluding carboxylic acids is 1. The molecule has 0 saturated heterocycles. The van der Waals surface area contributed by atoms with Crippen molar-refractivity contribution >= 4 is 11.6 Å². The summed E-state index contributed by atoms with van der Waals surface area (Å²) in [6.07, 6.45) is 0.404. The standard InChI is InChI=1S/C16H15F2N5O2/c1-8-4-10(25-22-8)6-19-16(24)11-7-20-23-13(14(17)18)5-12(9-2-3-9)21-15(11)23/h4-5,7,9,14H,2-3,6H2,1H3,(H,19,24). The van der Waals surface area contributed by atoms with Gasteiger partial charge in [-0.25, -0.2) is 18.3 Å². The Morgan fingerprint density at radius 1 is 1.44 bits per heavy atom. The van der Waals surface area contributed by atoms with Crippen LogP contribution in [0.2, 0.25) is 0 Å². The zero-order chi connectivity index (χ0) is 17.6. The predicted molar refractivity (Wildman–Crippen MR) is 82.3 cm³/mol. The number of nitrogens with zero attached hydrogens (tertiary/aromatic N) is 4. The van der Waals surface area contributed by atoms with Crippen molar-refractivity contribution in [2.75, 3.05) is 0 Å². The van der Waals surface area contributed by atoms with E-state index >= 15 is 0 Å². The summed E-state index contributed by atoms with van der Waals surface area (Å²) in [6.45, 7) is 1.91. The van der Waals surface area contributed by atoms with Crippen molar-refractivity contribution < 1.29 is 18.1 Å². The quantitative estimate of drug-likeness (QED) is 0.767. The van der Waals surface area contributed by atoms with Crippen molar-refractivity contribution in [1.82, 2.24) is 25.1 Å². The third kappa shape index (κ3) is 2.97. The van der Waals surface area contributed by atoms with E-state index in [0.29, 0.717) is 17.1 Å². The molecular weight excluding hydrogens is 332 g/mol. The van der Waals surface area contributed by atoms with Crippen LogP contribution in [0.5, 0.6) is 0 Å². The smallest absolute Gasteiger partial charge is 0.280 e. The summed E-state index contributed by atoms with van der Waals surface area (Å²) in [6, 6.07) is 3.08. The Morgan fingerprint density at radius 2 is 2.24 bits per heavy atom. The fraction of sp³-hybridized carbons (Fsp3) is 0.375. The Labute approximate surface area is 141 Å². The van der Waals surface area contributed by atoms with Crippen LogP contribution in [0, 0.1) is 6.92 Å². The SMILES string of the molecule is Cc1cc(CNC(=O)c2cnn3c(C(F)F)cc(C4CC4)nc23)on1. The number of alkyl halides is 2. The molecule has 1 fully saturated rings. The zero-order valence-electron chi connectivity index (χ0n) is 13.4. The maximum Gasteiger partial charge on any atom is 0.280 e. The Morgan fingerprint density at radius 3 is 2.88 bits per heavy atom. The monoisotopic (exact) mass is 347 g/mol. The minimum Gasteiger partial charge on any atom is -0.359 e. The summed E-state index contributed by atoms with van der Waals surface area (Å²) in [5.41, 5.74) is 1.34. The van der Waals surface area contributed by atoms with Crippen molar-refractivity contribution in [1.29, 1.82) is 0 Å². The van der Waals surface area contributed by atoms with Gasteiger partial charge in [0.05, 0.1) is 18.4 Å². The van der Waals surface area contributed by atoms with Crippen LogP contribution in [0.1, 0.15) is 58.4 Å². The maximum atomic E-state index is 13.3. The van der Waals surface area contributed by atoms with Gasteiger partial charge in [-0.3, -0.25) is 4.79 Å². The third-order valence-corrected chi connectivity index (χ3v) is 4.08. The molecular formula is C16H15F2N5O2. The molecule has 0 aliphatic heterocycles. The second kappa shape index (κ2) is 5.91. The molecule has 4 rings (SSSR count). The lowest BCUT2D eigenvalue weighted by molar-refractivity contribution is 0.0948. The molecule has 3 aromatic rings. The number of hydrogen-bond donors (Lipinski definition) is 1. The minimum absolute atomic E-state index is 0.140. The van der Waals surface area contributed by atoms with Gasteiger partial charge in [-0.15, -0.1) is 0 Å². The molecule has 0 aromatic carbocycles. The van der Waals surface area contributed by atoms with E-state index in [-0.39, 0.29) is 29.4 Å². The van der Waals surface area contributed by atoms with Crippen LogP contribution in [-0.4, -0.2) is 25.7 Å². The van der Waals surface area contributed by atoms with Crippen LogP contribution in [0.15, 0.2) is 22.9 Å². The van der Waals surface area contributed by atoms with E-state index in [4.69, 9.17) is 4.52 Å². The first-order valence-corrected chi connectivity index (χ1v) is 7.90. The van der Waals surface area contributed by atoms with Crippen LogP contribution < -0.4 is 5.32 Å². The summed E-state index contributed by atoms with van der Waals surface area (Å²) in [5, 5.41) is 10.3. The first kappa shape index (κ1) is 15.7. The number of halogens is 2. The molecule has 1 aliphatic carbocycles. The molecule has 1 saturated carbocycles. The molecule has 0 spiro atoms. The number of hydrogen-bond acceptors (Lipinski definition) is 5. The Hall–Kier alpha value is -2.84. The number of carbonyl (C=O) groups is 1. The highest BCUT2D eigenvalue weighted by Gasteiger charge is 2.29. The number of nitrogens with one attached hydrogen (secondary N) is 1. The molecule has 3 aromatic heterocycles. The van der Waals surface area contributed by atoms with E-state index in [9.17, 15) is 13.6 Å². The molecule has 130 valence electrons. The van der Waals surface area contributed by atoms with Crippen LogP contribution in [0.25, 0.3) is 5.65 Å². The van der Waals surface area contributed by atoms with Gasteiger partial charge in [0.1, 0.15) is 11.3 Å². The Balaban J connectivity index is 1.65. The van der Waals surface area contributed by atoms with Gasteiger partial charge in [0.15, 0.2) is 11.4 Å². The zero-order valence-corrected chi connectivity index (χ0v) is 13.4. The van der Waals surface area contributed by atoms with Crippen molar-refractivity contribution in [3.05, 3.63) is 46.7 Å². The number of rotatable bonds is 5. The lowest BCUT2D eigenvalue weighted by Crippen LogP contribution is -2.22. The second-order valence-electron chi connectivity index (χ2n) is 6.09. The van der Waals surface area contributed by atoms with Crippen LogP contribution in [0.3, 0.4) is 0 Å². The van der Waals surface area contributed by atoms with E-state index in [1.165, 1.54) is 12.3 Å². The van der Waals surface area contributed by atoms with Gasteiger partial charge in [0.25, 0.3) is 12.3 Å². The van der Waals surface area contributed by atoms with Gasteiger partial charge in [-0.2, -0.15) is 5.10 Å². The number of fused-ring (bicyclic) bond motifs is 1. The number of amides is 1. The lowest BCUT2D eigenvalue weighted by atomic mass is 10.2. The van der Waals surface area contributed by atoms with Crippen LogP contribution >= 0.6 is 0 Å². The molecule has 1 aliphatic rings. The fourth-order valence-electron chi connectivity index (χ4n) is 2.67. The van der Waals surface area contributed by atoms with Gasteiger partial charge in [-0.1, -0.05) is 5.16 Å². The minimum atomic E-state index is -2.70. The van der Waals surface area contributed by atoms with Crippen molar-refractivity contribution in [2.45, 2.75) is 38.7 Å². The fourth-order valence-corrected chi connectivity index (χ4v) is 2.67. The Kier molecular flexibility index (Phi) is 3.70. The van der Waals surface area contributed by atoms with Crippen molar-refractivity contribution in [3.8, 4) is 0 Å². The normalized spacial score (nSPS) is 14.4. The molecule has 7 nitrogen and oxygen atoms in total. The summed E-state index contributed by atoms with van der Waals surface area (Å²) in [4.78, 5) is 16.8. The third-order valence-electron chi connectivity index (χ3n) is 4.08. The van der Waals surface area contributed by atoms with Crippen LogP contribution in [0.4, 0.5) is 8.78 Å². The van der Waals surface area contributed by atoms with Crippen molar-refractivity contribution in [3.63, 3.8) is 0 Å². The van der Waals surface area contributed by atoms with E-state index < -0.39 is 12.3 Å². The molecule has 0 atom stereocenters. The van der Waals surface area contributed by atoms with Gasteiger partial charge in [0.2, 0.25) is 0 Å². The highest BCUT2D eigenvalue weighted by Crippen LogP contribution is 2.40. The highest BCUT2D eigenvalue weighted by molar-refractivity contribution is 5.99. The second-order valence-corrected chi connectivity index (χ2v) is 6.09. The summed E-state index contributed by atoms with van der Waals surface area (Å²) in [5.74, 6) is 0.234. The summed E-state index contributed by atoms with van der Waals surface area (Å²) < 4.78 is 32.7. The number of aromatic nitrogens is 4. The average Bonchev–Trinajstić information content (AvgIpc) is 3.22. The molecule has 25 heavy (non-hydrogen) atoms. The molecule has 1 N–H and O–H groups in total. The molecule has 0 bridgehead atoms. The summed E-state index contributed by atoms with van der Waals surface area (Å²) >= 11 is 0. The molecule has 0 radical (unpaired) electrons. The van der Waals surface area contributed by atoms with E-state index in [1.54, 1.807) is 13.0 Å². The number of aryl methyl sites for hydroxylation is 1. The van der Waals surface area contributed by atoms with Gasteiger partial charge < -0.3 is 9.84 Å². The van der Waals surface area contributed by atoms with E-state index in [2.05, 4.69) is 20.6 Å². The lowest BCUT2D eigenvalue weighted by Gasteiger charge is -2.07. The van der Waals surface area contributed by atoms with Crippen molar-refractivity contribution in [2.24, 2.45) is 0 Å². The van der Waals surface area contributed by atoms with E-state index in [0.717, 1.165) is 17.4 Å². The van der Waals surface area contributed by atoms with Gasteiger partial charge in [-0.05, 0) is 25.8 Å². The average molecular weight is 347 g/mol.